The number of aryl methyl sites for hydroxylation is 1. The van der Waals surface area contributed by atoms with Crippen molar-refractivity contribution in [1.82, 2.24) is 10.3 Å². The number of amides is 1. The number of H-pyrrole nitrogens is 1. The predicted molar refractivity (Wildman–Crippen MR) is 119 cm³/mol. The predicted octanol–water partition coefficient (Wildman–Crippen LogP) is 1.09. The number of hydrogen-bond donors (Lipinski definition) is 3. The van der Waals surface area contributed by atoms with Crippen LogP contribution in [0, 0.1) is 22.7 Å². The molecule has 0 aliphatic heterocycles. The standard InChI is InChI=1S/C21H17N7O5S/c1-10(18(29)25-14-7-5-4-6-11(14)20(30)32-3)34-19-13(9-23)15(12(8-22)17(24)26-19)16-21(31)33-27-28(16)2/h4-7,10H,1-3H3,(H3-,24,25,26,27,29,30,31)/p+1. The molecule has 0 aliphatic rings. The average molecular weight is 480 g/mol. The minimum absolute atomic E-state index is 0.0403. The first-order valence-electron chi connectivity index (χ1n) is 9.59. The molecule has 34 heavy (non-hydrogen) atoms. The van der Waals surface area contributed by atoms with Crippen LogP contribution >= 0.6 is 11.8 Å². The Bertz CT molecular complexity index is 1430. The summed E-state index contributed by atoms with van der Waals surface area (Å²) in [7, 11) is 2.69. The molecule has 0 saturated carbocycles. The second kappa shape index (κ2) is 9.89. The van der Waals surface area contributed by atoms with Gasteiger partial charge >= 0.3 is 17.3 Å². The highest BCUT2D eigenvalue weighted by Crippen LogP contribution is 2.35. The molecule has 13 heteroatoms. The number of carbonyl (C=O) groups is 2. The van der Waals surface area contributed by atoms with E-state index in [9.17, 15) is 24.9 Å². The largest absolute Gasteiger partial charge is 0.465 e. The number of nitrogens with two attached hydrogens (primary N) is 1. The highest BCUT2D eigenvalue weighted by atomic mass is 32.2. The fourth-order valence-corrected chi connectivity index (χ4v) is 3.98. The Morgan fingerprint density at radius 3 is 2.56 bits per heavy atom. The molecule has 3 rings (SSSR count). The number of aromatic amines is 1. The van der Waals surface area contributed by atoms with E-state index in [-0.39, 0.29) is 44.5 Å². The lowest BCUT2D eigenvalue weighted by Gasteiger charge is -2.15. The molecule has 0 fully saturated rings. The van der Waals surface area contributed by atoms with Crippen molar-refractivity contribution in [2.45, 2.75) is 17.2 Å². The van der Waals surface area contributed by atoms with Gasteiger partial charge in [-0.3, -0.25) is 9.32 Å². The number of ether oxygens (including phenoxy) is 1. The Labute approximate surface area is 196 Å². The molecule has 0 spiro atoms. The summed E-state index contributed by atoms with van der Waals surface area (Å²) < 4.78 is 10.7. The monoisotopic (exact) mass is 480 g/mol. The molecule has 2 aromatic heterocycles. The molecule has 1 aromatic carbocycles. The van der Waals surface area contributed by atoms with Gasteiger partial charge in [0.05, 0.1) is 29.2 Å². The minimum Gasteiger partial charge on any atom is -0.465 e. The number of anilines is 2. The third-order valence-electron chi connectivity index (χ3n) is 4.70. The molecule has 0 aliphatic carbocycles. The maximum absolute atomic E-state index is 12.9. The molecule has 0 saturated heterocycles. The summed E-state index contributed by atoms with van der Waals surface area (Å²) in [5.41, 5.74) is 5.10. The van der Waals surface area contributed by atoms with Crippen LogP contribution in [0.3, 0.4) is 0 Å². The van der Waals surface area contributed by atoms with Gasteiger partial charge in [-0.2, -0.15) is 10.5 Å². The van der Waals surface area contributed by atoms with E-state index in [2.05, 4.69) is 15.6 Å². The lowest BCUT2D eigenvalue weighted by molar-refractivity contribution is -0.730. The number of benzene rings is 1. The zero-order chi connectivity index (χ0) is 25.0. The van der Waals surface area contributed by atoms with Gasteiger partial charge in [0.15, 0.2) is 7.05 Å². The normalized spacial score (nSPS) is 11.2. The van der Waals surface area contributed by atoms with Crippen molar-refractivity contribution >= 4 is 35.1 Å². The molecule has 1 unspecified atom stereocenters. The zero-order valence-corrected chi connectivity index (χ0v) is 19.0. The van der Waals surface area contributed by atoms with E-state index in [1.54, 1.807) is 25.1 Å². The number of hydrogen-bond acceptors (Lipinski definition) is 10. The quantitative estimate of drug-likeness (QED) is 0.261. The van der Waals surface area contributed by atoms with Crippen molar-refractivity contribution in [2.24, 2.45) is 7.05 Å². The van der Waals surface area contributed by atoms with Crippen LogP contribution in [0.2, 0.25) is 0 Å². The van der Waals surface area contributed by atoms with Gasteiger partial charge in [-0.15, -0.1) is 0 Å². The second-order valence-corrected chi connectivity index (χ2v) is 8.16. The lowest BCUT2D eigenvalue weighted by Crippen LogP contribution is -2.34. The van der Waals surface area contributed by atoms with E-state index < -0.39 is 22.8 Å². The zero-order valence-electron chi connectivity index (χ0n) is 18.2. The fourth-order valence-electron chi connectivity index (χ4n) is 3.07. The molecule has 0 radical (unpaired) electrons. The van der Waals surface area contributed by atoms with Crippen molar-refractivity contribution in [3.05, 3.63) is 51.4 Å². The van der Waals surface area contributed by atoms with Gasteiger partial charge in [0.1, 0.15) is 34.1 Å². The smallest absolute Gasteiger partial charge is 0.435 e. The number of nitriles is 2. The third kappa shape index (κ3) is 4.46. The number of aromatic nitrogens is 3. The Morgan fingerprint density at radius 2 is 1.97 bits per heavy atom. The van der Waals surface area contributed by atoms with Crippen LogP contribution in [0.25, 0.3) is 11.3 Å². The minimum atomic E-state index is -0.818. The molecule has 172 valence electrons. The van der Waals surface area contributed by atoms with E-state index in [0.29, 0.717) is 0 Å². The molecule has 4 N–H and O–H groups in total. The summed E-state index contributed by atoms with van der Waals surface area (Å²) in [5, 5.41) is 23.6. The summed E-state index contributed by atoms with van der Waals surface area (Å²) in [4.78, 5) is 41.2. The molecule has 1 amide bonds. The topological polar surface area (TPSA) is 192 Å². The first-order valence-corrected chi connectivity index (χ1v) is 10.5. The Hall–Kier alpha value is -4.62. The van der Waals surface area contributed by atoms with E-state index in [1.807, 2.05) is 12.1 Å². The molecule has 2 heterocycles. The first-order chi connectivity index (χ1) is 16.2. The number of nitrogens with zero attached hydrogens (tertiary/aromatic N) is 4. The van der Waals surface area contributed by atoms with Crippen molar-refractivity contribution in [3.8, 4) is 23.4 Å². The average Bonchev–Trinajstić information content (AvgIpc) is 3.15. The third-order valence-corrected chi connectivity index (χ3v) is 5.79. The molecular weight excluding hydrogens is 462 g/mol. The molecular formula is C21H18N7O5S+. The van der Waals surface area contributed by atoms with Crippen molar-refractivity contribution in [3.63, 3.8) is 0 Å². The van der Waals surface area contributed by atoms with Gasteiger partial charge in [-0.05, 0) is 24.3 Å². The Balaban J connectivity index is 2.00. The number of pyridine rings is 1. The second-order valence-electron chi connectivity index (χ2n) is 6.83. The van der Waals surface area contributed by atoms with Gasteiger partial charge in [0.2, 0.25) is 5.91 Å². The first kappa shape index (κ1) is 24.0. The van der Waals surface area contributed by atoms with E-state index in [1.165, 1.54) is 24.9 Å². The van der Waals surface area contributed by atoms with Crippen LogP contribution in [0.1, 0.15) is 28.4 Å². The van der Waals surface area contributed by atoms with Gasteiger partial charge in [-0.1, -0.05) is 28.6 Å². The number of rotatable bonds is 6. The summed E-state index contributed by atoms with van der Waals surface area (Å²) >= 11 is 0.895. The summed E-state index contributed by atoms with van der Waals surface area (Å²) in [6.07, 6.45) is 0. The van der Waals surface area contributed by atoms with Crippen LogP contribution < -0.4 is 21.4 Å². The van der Waals surface area contributed by atoms with E-state index >= 15 is 0 Å². The van der Waals surface area contributed by atoms with Crippen LogP contribution in [0.5, 0.6) is 0 Å². The SMILES string of the molecule is COC(=O)c1ccccc1NC(=O)C(C)Sc1nc(N)c(C#N)c(-c2c(=O)o[nH][n+]2C)c1C#N. The number of carbonyl (C=O) groups excluding carboxylic acids is 2. The number of nitrogen functional groups attached to an aromatic ring is 1. The number of nitrogens with one attached hydrogen (secondary N) is 2. The van der Waals surface area contributed by atoms with Gasteiger partial charge < -0.3 is 15.8 Å². The molecule has 3 aromatic rings. The number of esters is 1. The summed E-state index contributed by atoms with van der Waals surface area (Å²) in [6, 6.07) is 10.1. The maximum Gasteiger partial charge on any atom is 0.435 e. The fraction of sp³-hybridized carbons (Fsp3) is 0.190. The lowest BCUT2D eigenvalue weighted by atomic mass is 10.0. The van der Waals surface area contributed by atoms with E-state index in [4.69, 9.17) is 15.0 Å². The highest BCUT2D eigenvalue weighted by molar-refractivity contribution is 8.00. The van der Waals surface area contributed by atoms with Gasteiger partial charge in [-0.25, -0.2) is 14.6 Å². The number of methoxy groups -OCH3 is 1. The Morgan fingerprint density at radius 1 is 1.29 bits per heavy atom. The van der Waals surface area contributed by atoms with Gasteiger partial charge in [0, 0.05) is 0 Å². The molecule has 12 nitrogen and oxygen atoms in total. The molecule has 0 bridgehead atoms. The van der Waals surface area contributed by atoms with Crippen molar-refractivity contribution < 1.29 is 23.5 Å². The molecule has 1 atom stereocenters. The maximum atomic E-state index is 12.9. The number of para-hydroxylation sites is 1. The number of thioether (sulfide) groups is 1. The van der Waals surface area contributed by atoms with Crippen LogP contribution in [0.15, 0.2) is 38.6 Å². The van der Waals surface area contributed by atoms with Crippen LogP contribution in [-0.2, 0) is 16.6 Å². The summed E-state index contributed by atoms with van der Waals surface area (Å²) in [5.74, 6) is -1.33. The van der Waals surface area contributed by atoms with Gasteiger partial charge in [0.25, 0.3) is 0 Å². The summed E-state index contributed by atoms with van der Waals surface area (Å²) in [6.45, 7) is 1.56. The van der Waals surface area contributed by atoms with Crippen molar-refractivity contribution in [2.75, 3.05) is 18.2 Å². The van der Waals surface area contributed by atoms with Crippen molar-refractivity contribution in [1.29, 1.82) is 10.5 Å². The van der Waals surface area contributed by atoms with Crippen LogP contribution in [0.4, 0.5) is 11.5 Å². The van der Waals surface area contributed by atoms with Crippen LogP contribution in [-0.4, -0.2) is 34.5 Å². The van der Waals surface area contributed by atoms with E-state index in [0.717, 1.165) is 11.8 Å². The Kier molecular flexibility index (Phi) is 6.99. The highest BCUT2D eigenvalue weighted by Gasteiger charge is 2.32.